The van der Waals surface area contributed by atoms with E-state index in [-0.39, 0.29) is 17.5 Å². The van der Waals surface area contributed by atoms with Gasteiger partial charge in [-0.2, -0.15) is 10.1 Å². The van der Waals surface area contributed by atoms with Crippen LogP contribution in [0, 0.1) is 18.6 Å². The van der Waals surface area contributed by atoms with Crippen molar-refractivity contribution >= 4 is 38.8 Å². The number of fused-ring (bicyclic) bond motifs is 1. The van der Waals surface area contributed by atoms with E-state index in [1.807, 2.05) is 19.1 Å². The summed E-state index contributed by atoms with van der Waals surface area (Å²) in [5.41, 5.74) is 2.67. The normalized spacial score (nSPS) is 11.3. The Hall–Kier alpha value is -3.45. The largest absolute Gasteiger partial charge is 0.280 e. The zero-order chi connectivity index (χ0) is 20.4. The zero-order valence-corrected chi connectivity index (χ0v) is 16.2. The van der Waals surface area contributed by atoms with Gasteiger partial charge in [-0.1, -0.05) is 41.2 Å². The summed E-state index contributed by atoms with van der Waals surface area (Å²) in [6.45, 7) is 1.93. The van der Waals surface area contributed by atoms with Crippen LogP contribution >= 0.6 is 11.3 Å². The third kappa shape index (κ3) is 4.20. The second-order valence-corrected chi connectivity index (χ2v) is 7.40. The van der Waals surface area contributed by atoms with Crippen LogP contribution in [-0.4, -0.2) is 17.1 Å². The number of rotatable bonds is 4. The molecule has 0 aliphatic heterocycles. The number of nitrogens with zero attached hydrogens (tertiary/aromatic N) is 3. The van der Waals surface area contributed by atoms with Crippen LogP contribution in [-0.2, 0) is 0 Å². The zero-order valence-electron chi connectivity index (χ0n) is 15.3. The van der Waals surface area contributed by atoms with Crippen molar-refractivity contribution in [2.45, 2.75) is 6.92 Å². The summed E-state index contributed by atoms with van der Waals surface area (Å²) >= 11 is 1.16. The van der Waals surface area contributed by atoms with Crippen LogP contribution in [0.25, 0.3) is 10.2 Å². The second kappa shape index (κ2) is 7.89. The molecule has 0 atom stereocenters. The first kappa shape index (κ1) is 18.9. The van der Waals surface area contributed by atoms with Crippen LogP contribution in [0.2, 0.25) is 0 Å². The van der Waals surface area contributed by atoms with Crippen molar-refractivity contribution in [2.75, 3.05) is 5.01 Å². The van der Waals surface area contributed by atoms with Gasteiger partial charge in [-0.05, 0) is 55.0 Å². The number of anilines is 1. The lowest BCUT2D eigenvalue weighted by atomic mass is 10.1. The highest BCUT2D eigenvalue weighted by atomic mass is 32.1. The number of carbonyl (C=O) groups excluding carboxylic acids is 1. The molecule has 0 spiro atoms. The van der Waals surface area contributed by atoms with Crippen molar-refractivity contribution in [2.24, 2.45) is 5.10 Å². The molecule has 0 N–H and O–H groups in total. The van der Waals surface area contributed by atoms with Crippen molar-refractivity contribution in [3.63, 3.8) is 0 Å². The Kier molecular flexibility index (Phi) is 5.14. The first-order valence-electron chi connectivity index (χ1n) is 8.76. The molecule has 0 fully saturated rings. The molecule has 4 aromatic rings. The Balaban J connectivity index is 1.75. The lowest BCUT2D eigenvalue weighted by Gasteiger charge is -2.14. The number of hydrazone groups is 1. The molecular weight excluding hydrogens is 392 g/mol. The van der Waals surface area contributed by atoms with Crippen LogP contribution in [0.15, 0.2) is 71.8 Å². The van der Waals surface area contributed by atoms with Gasteiger partial charge < -0.3 is 0 Å². The minimum Gasteiger partial charge on any atom is -0.267 e. The summed E-state index contributed by atoms with van der Waals surface area (Å²) in [7, 11) is 0. The molecule has 29 heavy (non-hydrogen) atoms. The van der Waals surface area contributed by atoms with E-state index in [4.69, 9.17) is 0 Å². The predicted octanol–water partition coefficient (Wildman–Crippen LogP) is 5.56. The number of carbonyl (C=O) groups is 1. The van der Waals surface area contributed by atoms with Crippen LogP contribution < -0.4 is 5.01 Å². The minimum absolute atomic E-state index is 0.314. The highest BCUT2D eigenvalue weighted by molar-refractivity contribution is 7.22. The number of hydrogen-bond acceptors (Lipinski definition) is 4. The fourth-order valence-electron chi connectivity index (χ4n) is 2.66. The van der Waals surface area contributed by atoms with Gasteiger partial charge in [0.15, 0.2) is 0 Å². The molecule has 1 amide bonds. The number of thiazole rings is 1. The van der Waals surface area contributed by atoms with Crippen LogP contribution in [0.4, 0.5) is 13.9 Å². The lowest BCUT2D eigenvalue weighted by molar-refractivity contribution is 0.0988. The Bertz CT molecular complexity index is 1200. The van der Waals surface area contributed by atoms with Gasteiger partial charge >= 0.3 is 0 Å². The van der Waals surface area contributed by atoms with E-state index >= 15 is 0 Å². The van der Waals surface area contributed by atoms with E-state index in [0.29, 0.717) is 26.5 Å². The van der Waals surface area contributed by atoms with Gasteiger partial charge in [0.2, 0.25) is 5.13 Å². The molecule has 4 nitrogen and oxygen atoms in total. The van der Waals surface area contributed by atoms with E-state index < -0.39 is 0 Å². The van der Waals surface area contributed by atoms with Crippen molar-refractivity contribution in [3.8, 4) is 0 Å². The number of amides is 1. The Morgan fingerprint density at radius 2 is 1.69 bits per heavy atom. The maximum absolute atomic E-state index is 13.5. The third-order valence-corrected chi connectivity index (χ3v) is 5.20. The smallest absolute Gasteiger partial charge is 0.267 e. The van der Waals surface area contributed by atoms with Gasteiger partial charge in [-0.15, -0.1) is 0 Å². The summed E-state index contributed by atoms with van der Waals surface area (Å²) < 4.78 is 27.3. The Morgan fingerprint density at radius 1 is 1.00 bits per heavy atom. The molecule has 1 aromatic heterocycles. The highest BCUT2D eigenvalue weighted by Crippen LogP contribution is 2.30. The van der Waals surface area contributed by atoms with Gasteiger partial charge in [0.05, 0.1) is 16.4 Å². The predicted molar refractivity (Wildman–Crippen MR) is 112 cm³/mol. The molecule has 4 rings (SSSR count). The van der Waals surface area contributed by atoms with Crippen molar-refractivity contribution in [3.05, 3.63) is 95.1 Å². The average Bonchev–Trinajstić information content (AvgIpc) is 3.12. The summed E-state index contributed by atoms with van der Waals surface area (Å²) in [6, 6.07) is 17.1. The molecule has 0 bridgehead atoms. The maximum Gasteiger partial charge on any atom is 0.280 e. The molecule has 0 aliphatic carbocycles. The van der Waals surface area contributed by atoms with E-state index in [1.54, 1.807) is 30.3 Å². The molecule has 3 aromatic carbocycles. The first-order valence-corrected chi connectivity index (χ1v) is 9.58. The van der Waals surface area contributed by atoms with Gasteiger partial charge in [0.1, 0.15) is 11.6 Å². The van der Waals surface area contributed by atoms with Gasteiger partial charge in [-0.3, -0.25) is 4.79 Å². The summed E-state index contributed by atoms with van der Waals surface area (Å²) in [4.78, 5) is 17.5. The average molecular weight is 407 g/mol. The topological polar surface area (TPSA) is 45.6 Å². The molecule has 7 heteroatoms. The van der Waals surface area contributed by atoms with Crippen molar-refractivity contribution in [1.29, 1.82) is 0 Å². The number of aryl methyl sites for hydroxylation is 1. The van der Waals surface area contributed by atoms with E-state index in [9.17, 15) is 13.6 Å². The maximum atomic E-state index is 13.5. The molecule has 0 saturated carbocycles. The van der Waals surface area contributed by atoms with Crippen LogP contribution in [0.3, 0.4) is 0 Å². The monoisotopic (exact) mass is 407 g/mol. The summed E-state index contributed by atoms with van der Waals surface area (Å²) in [6.07, 6.45) is 1.46. The number of hydrogen-bond donors (Lipinski definition) is 0. The van der Waals surface area contributed by atoms with Gasteiger partial charge in [-0.25, -0.2) is 13.8 Å². The fourth-order valence-corrected chi connectivity index (χ4v) is 3.60. The van der Waals surface area contributed by atoms with Crippen LogP contribution in [0.5, 0.6) is 0 Å². The number of aromatic nitrogens is 1. The SMILES string of the molecule is Cc1ccc(C(=O)N(/N=C/c2ccc(F)cc2)c2nc3ccc(F)cc3s2)cc1. The fraction of sp³-hybridized carbons (Fsp3) is 0.0455. The Morgan fingerprint density at radius 3 is 2.41 bits per heavy atom. The summed E-state index contributed by atoms with van der Waals surface area (Å²) in [5.74, 6) is -1.11. The number of halogens is 2. The molecular formula is C22H15F2N3OS. The van der Waals surface area contributed by atoms with E-state index in [1.165, 1.54) is 35.5 Å². The van der Waals surface area contributed by atoms with Gasteiger partial charge in [0.25, 0.3) is 5.91 Å². The van der Waals surface area contributed by atoms with Crippen molar-refractivity contribution in [1.82, 2.24) is 4.98 Å². The molecule has 0 unspecified atom stereocenters. The van der Waals surface area contributed by atoms with Crippen LogP contribution in [0.1, 0.15) is 21.5 Å². The van der Waals surface area contributed by atoms with Gasteiger partial charge in [0, 0.05) is 5.56 Å². The van der Waals surface area contributed by atoms with E-state index in [2.05, 4.69) is 10.1 Å². The molecule has 1 heterocycles. The molecule has 0 radical (unpaired) electrons. The van der Waals surface area contributed by atoms with Crippen molar-refractivity contribution < 1.29 is 13.6 Å². The minimum atomic E-state index is -0.376. The second-order valence-electron chi connectivity index (χ2n) is 6.39. The molecule has 144 valence electrons. The number of benzene rings is 3. The van der Waals surface area contributed by atoms with E-state index in [0.717, 1.165) is 16.9 Å². The third-order valence-electron chi connectivity index (χ3n) is 4.20. The molecule has 0 aliphatic rings. The first-order chi connectivity index (χ1) is 14.0. The highest BCUT2D eigenvalue weighted by Gasteiger charge is 2.21. The standard InChI is InChI=1S/C22H15F2N3OS/c1-14-2-6-16(7-3-14)21(28)27(25-13-15-4-8-17(23)9-5-15)22-26-19-11-10-18(24)12-20(19)29-22/h2-13H,1H3/b25-13+. The summed E-state index contributed by atoms with van der Waals surface area (Å²) in [5, 5.41) is 5.79. The lowest BCUT2D eigenvalue weighted by Crippen LogP contribution is -2.25. The Labute approximate surface area is 169 Å². The quantitative estimate of drug-likeness (QED) is 0.328. The molecule has 0 saturated heterocycles.